The second-order valence-electron chi connectivity index (χ2n) is 4.98. The first-order chi connectivity index (χ1) is 9.22. The molecular weight excluding hydrogens is 304 g/mol. The first-order valence-corrected chi connectivity index (χ1v) is 7.72. The molecule has 0 amide bonds. The van der Waals surface area contributed by atoms with Gasteiger partial charge in [0.15, 0.2) is 5.65 Å². The maximum atomic E-state index is 5.67. The van der Waals surface area contributed by atoms with Gasteiger partial charge in [-0.3, -0.25) is 0 Å². The van der Waals surface area contributed by atoms with E-state index in [-0.39, 0.29) is 0 Å². The van der Waals surface area contributed by atoms with Gasteiger partial charge in [0.1, 0.15) is 5.82 Å². The van der Waals surface area contributed by atoms with Crippen LogP contribution in [-0.2, 0) is 6.42 Å². The van der Waals surface area contributed by atoms with Crippen molar-refractivity contribution in [2.24, 2.45) is 11.7 Å². The van der Waals surface area contributed by atoms with Crippen LogP contribution in [0.5, 0.6) is 0 Å². The molecular formula is C14H21BrN4. The number of hydrogen-bond acceptors (Lipinski definition) is 3. The number of nitrogens with two attached hydrogens (primary N) is 1. The molecule has 104 valence electrons. The van der Waals surface area contributed by atoms with Crippen molar-refractivity contribution in [1.29, 1.82) is 0 Å². The van der Waals surface area contributed by atoms with Gasteiger partial charge < -0.3 is 10.7 Å². The maximum absolute atomic E-state index is 5.67. The Bertz CT molecular complexity index is 517. The summed E-state index contributed by atoms with van der Waals surface area (Å²) in [7, 11) is 0. The zero-order valence-electron chi connectivity index (χ0n) is 11.3. The van der Waals surface area contributed by atoms with E-state index in [0.29, 0.717) is 5.92 Å². The lowest BCUT2D eigenvalue weighted by molar-refractivity contribution is 0.418. The zero-order chi connectivity index (χ0) is 13.7. The van der Waals surface area contributed by atoms with Crippen molar-refractivity contribution in [2.75, 3.05) is 6.54 Å². The zero-order valence-corrected chi connectivity index (χ0v) is 12.9. The summed E-state index contributed by atoms with van der Waals surface area (Å²) in [6.45, 7) is 3.01. The maximum Gasteiger partial charge on any atom is 0.177 e. The minimum Gasteiger partial charge on any atom is -0.341 e. The molecule has 2 aromatic heterocycles. The van der Waals surface area contributed by atoms with Crippen LogP contribution in [0, 0.1) is 5.92 Å². The monoisotopic (exact) mass is 324 g/mol. The molecule has 0 saturated heterocycles. The number of fused-ring (bicyclic) bond motifs is 1. The van der Waals surface area contributed by atoms with E-state index in [9.17, 15) is 0 Å². The van der Waals surface area contributed by atoms with E-state index in [4.69, 9.17) is 5.73 Å². The predicted octanol–water partition coefficient (Wildman–Crippen LogP) is 3.42. The number of nitrogens with one attached hydrogen (secondary N) is 1. The van der Waals surface area contributed by atoms with Crippen LogP contribution in [0.1, 0.15) is 38.4 Å². The minimum atomic E-state index is 0.711. The van der Waals surface area contributed by atoms with Gasteiger partial charge >= 0.3 is 0 Å². The van der Waals surface area contributed by atoms with Crippen LogP contribution >= 0.6 is 15.9 Å². The van der Waals surface area contributed by atoms with Crippen LogP contribution < -0.4 is 5.73 Å². The molecule has 0 aliphatic heterocycles. The molecule has 0 aliphatic carbocycles. The fourth-order valence-corrected chi connectivity index (χ4v) is 2.79. The average molecular weight is 325 g/mol. The summed E-state index contributed by atoms with van der Waals surface area (Å²) in [6, 6.07) is 2.02. The molecule has 0 radical (unpaired) electrons. The van der Waals surface area contributed by atoms with Crippen LogP contribution in [0.4, 0.5) is 0 Å². The molecule has 0 saturated carbocycles. The highest BCUT2D eigenvalue weighted by Gasteiger charge is 2.10. The third-order valence-electron chi connectivity index (χ3n) is 3.41. The molecule has 0 fully saturated rings. The van der Waals surface area contributed by atoms with Gasteiger partial charge in [0, 0.05) is 17.1 Å². The molecule has 4 nitrogen and oxygen atoms in total. The number of aromatic amines is 1. The highest BCUT2D eigenvalue weighted by molar-refractivity contribution is 9.10. The largest absolute Gasteiger partial charge is 0.341 e. The molecule has 2 heterocycles. The number of pyridine rings is 1. The standard InChI is InChI=1S/C14H21BrN4/c1-2-3-10(6-7-16)4-5-13-18-12-8-11(15)9-17-14(12)19-13/h8-10H,2-7,16H2,1H3,(H,17,18,19). The molecule has 1 atom stereocenters. The van der Waals surface area contributed by atoms with Crippen molar-refractivity contribution >= 4 is 27.1 Å². The Hall–Kier alpha value is -0.940. The SMILES string of the molecule is CCCC(CCN)CCc1nc2ncc(Br)cc2[nH]1. The quantitative estimate of drug-likeness (QED) is 0.820. The van der Waals surface area contributed by atoms with Crippen LogP contribution in [-0.4, -0.2) is 21.5 Å². The Labute approximate surface area is 122 Å². The molecule has 5 heteroatoms. The number of imidazole rings is 1. The predicted molar refractivity (Wildman–Crippen MR) is 82.0 cm³/mol. The number of aromatic nitrogens is 3. The molecule has 1 unspecified atom stereocenters. The smallest absolute Gasteiger partial charge is 0.177 e. The number of rotatable bonds is 7. The molecule has 0 spiro atoms. The Morgan fingerprint density at radius 2 is 2.21 bits per heavy atom. The summed E-state index contributed by atoms with van der Waals surface area (Å²) in [6.07, 6.45) is 7.48. The van der Waals surface area contributed by atoms with Gasteiger partial charge in [-0.05, 0) is 47.3 Å². The van der Waals surface area contributed by atoms with Crippen LogP contribution in [0.15, 0.2) is 16.7 Å². The van der Waals surface area contributed by atoms with Crippen molar-refractivity contribution in [1.82, 2.24) is 15.0 Å². The molecule has 0 aromatic carbocycles. The summed E-state index contributed by atoms with van der Waals surface area (Å²) >= 11 is 3.42. The van der Waals surface area contributed by atoms with E-state index in [1.54, 1.807) is 6.20 Å². The molecule has 0 aliphatic rings. The topological polar surface area (TPSA) is 67.6 Å². The van der Waals surface area contributed by atoms with E-state index in [1.165, 1.54) is 12.8 Å². The third kappa shape index (κ3) is 4.01. The van der Waals surface area contributed by atoms with Crippen LogP contribution in [0.3, 0.4) is 0 Å². The normalized spacial score (nSPS) is 13.0. The van der Waals surface area contributed by atoms with Gasteiger partial charge in [0.25, 0.3) is 0 Å². The van der Waals surface area contributed by atoms with Gasteiger partial charge in [0.05, 0.1) is 5.52 Å². The summed E-state index contributed by atoms with van der Waals surface area (Å²) in [5.41, 5.74) is 7.46. The number of H-pyrrole nitrogens is 1. The van der Waals surface area contributed by atoms with Gasteiger partial charge in [-0.25, -0.2) is 9.97 Å². The fourth-order valence-electron chi connectivity index (χ4n) is 2.46. The van der Waals surface area contributed by atoms with Crippen molar-refractivity contribution in [3.8, 4) is 0 Å². The van der Waals surface area contributed by atoms with Gasteiger partial charge in [-0.15, -0.1) is 0 Å². The molecule has 2 aromatic rings. The molecule has 0 bridgehead atoms. The number of halogens is 1. The Morgan fingerprint density at radius 3 is 2.95 bits per heavy atom. The number of nitrogens with zero attached hydrogens (tertiary/aromatic N) is 2. The second kappa shape index (κ2) is 7.01. The van der Waals surface area contributed by atoms with E-state index in [1.807, 2.05) is 6.07 Å². The Balaban J connectivity index is 2.00. The van der Waals surface area contributed by atoms with E-state index < -0.39 is 0 Å². The third-order valence-corrected chi connectivity index (χ3v) is 3.85. The van der Waals surface area contributed by atoms with E-state index >= 15 is 0 Å². The Kier molecular flexibility index (Phi) is 5.34. The molecule has 19 heavy (non-hydrogen) atoms. The molecule has 2 rings (SSSR count). The summed E-state index contributed by atoms with van der Waals surface area (Å²) < 4.78 is 0.974. The summed E-state index contributed by atoms with van der Waals surface area (Å²) in [5.74, 6) is 1.74. The summed E-state index contributed by atoms with van der Waals surface area (Å²) in [5, 5.41) is 0. The first kappa shape index (κ1) is 14.5. The fraction of sp³-hybridized carbons (Fsp3) is 0.571. The van der Waals surface area contributed by atoms with Crippen molar-refractivity contribution < 1.29 is 0 Å². The van der Waals surface area contributed by atoms with Gasteiger partial charge in [-0.1, -0.05) is 19.8 Å². The van der Waals surface area contributed by atoms with Crippen molar-refractivity contribution in [3.63, 3.8) is 0 Å². The lowest BCUT2D eigenvalue weighted by atomic mass is 9.94. The van der Waals surface area contributed by atoms with Gasteiger partial charge in [0.2, 0.25) is 0 Å². The lowest BCUT2D eigenvalue weighted by Crippen LogP contribution is -2.10. The molecule has 3 N–H and O–H groups in total. The lowest BCUT2D eigenvalue weighted by Gasteiger charge is -2.13. The van der Waals surface area contributed by atoms with Crippen LogP contribution in [0.25, 0.3) is 11.2 Å². The van der Waals surface area contributed by atoms with E-state index in [0.717, 1.165) is 47.3 Å². The highest BCUT2D eigenvalue weighted by Crippen LogP contribution is 2.19. The Morgan fingerprint density at radius 1 is 1.37 bits per heavy atom. The highest BCUT2D eigenvalue weighted by atomic mass is 79.9. The second-order valence-corrected chi connectivity index (χ2v) is 5.89. The average Bonchev–Trinajstić information content (AvgIpc) is 2.78. The minimum absolute atomic E-state index is 0.711. The van der Waals surface area contributed by atoms with Crippen molar-refractivity contribution in [2.45, 2.75) is 39.0 Å². The number of aryl methyl sites for hydroxylation is 1. The number of hydrogen-bond donors (Lipinski definition) is 2. The first-order valence-electron chi connectivity index (χ1n) is 6.93. The van der Waals surface area contributed by atoms with E-state index in [2.05, 4.69) is 37.8 Å². The van der Waals surface area contributed by atoms with Crippen molar-refractivity contribution in [3.05, 3.63) is 22.6 Å². The van der Waals surface area contributed by atoms with Crippen LogP contribution in [0.2, 0.25) is 0 Å². The van der Waals surface area contributed by atoms with Gasteiger partial charge in [-0.2, -0.15) is 0 Å². The summed E-state index contributed by atoms with van der Waals surface area (Å²) in [4.78, 5) is 12.2.